The van der Waals surface area contributed by atoms with Crippen molar-refractivity contribution >= 4 is 5.78 Å². The van der Waals surface area contributed by atoms with E-state index in [-0.39, 0.29) is 35.5 Å². The summed E-state index contributed by atoms with van der Waals surface area (Å²) in [5.41, 5.74) is 0. The van der Waals surface area contributed by atoms with Gasteiger partial charge in [-0.25, -0.2) is 0 Å². The van der Waals surface area contributed by atoms with E-state index in [2.05, 4.69) is 27.7 Å². The highest BCUT2D eigenvalue weighted by atomic mass is 16.1. The molecule has 0 radical (unpaired) electrons. The van der Waals surface area contributed by atoms with Gasteiger partial charge in [-0.05, 0) is 13.8 Å². The maximum Gasteiger partial charge on any atom is 0.126 e. The van der Waals surface area contributed by atoms with Crippen LogP contribution in [0.15, 0.2) is 0 Å². The summed E-state index contributed by atoms with van der Waals surface area (Å²) in [6, 6.07) is 0. The highest BCUT2D eigenvalue weighted by molar-refractivity contribution is 5.72. The average molecular weight is 271 g/mol. The Morgan fingerprint density at radius 2 is 0.611 bits per heavy atom. The van der Waals surface area contributed by atoms with Gasteiger partial charge in [0.25, 0.3) is 0 Å². The van der Waals surface area contributed by atoms with Gasteiger partial charge in [-0.2, -0.15) is 0 Å². The molecule has 18 heavy (non-hydrogen) atoms. The molecule has 0 unspecified atom stereocenters. The van der Waals surface area contributed by atoms with Crippen LogP contribution >= 0.6 is 0 Å². The first-order valence-corrected chi connectivity index (χ1v) is 6.03. The smallest absolute Gasteiger partial charge is 0.126 e. The maximum absolute atomic E-state index is 9.44. The van der Waals surface area contributed by atoms with Crippen LogP contribution in [0, 0.1) is 0 Å². The van der Waals surface area contributed by atoms with Crippen molar-refractivity contribution in [3.63, 3.8) is 0 Å². The van der Waals surface area contributed by atoms with Crippen molar-refractivity contribution in [3.8, 4) is 0 Å². The van der Waals surface area contributed by atoms with Gasteiger partial charge < -0.3 is 4.79 Å². The standard InChI is InChI=1S/C3H6O.2C3H8.2C2H6.4CH4/c1-3(2)4;2*1-3-2;2*1-2;;;;/h1-2H3;2*3H2,1-2H3;2*1-2H3;4*1H4. The quantitative estimate of drug-likeness (QED) is 0.435. The molecule has 0 saturated heterocycles. The first kappa shape index (κ1) is 65.3. The summed E-state index contributed by atoms with van der Waals surface area (Å²) in [4.78, 5) is 9.44. The molecular weight excluding hydrogens is 220 g/mol. The highest BCUT2D eigenvalue weighted by Gasteiger charge is 1.62. The van der Waals surface area contributed by atoms with E-state index in [1.807, 2.05) is 27.7 Å². The van der Waals surface area contributed by atoms with E-state index in [0.29, 0.717) is 0 Å². The van der Waals surface area contributed by atoms with Crippen LogP contribution in [0.5, 0.6) is 0 Å². The number of Topliss-reactive ketones (excluding diaryl/α,β-unsaturated/α-hetero) is 1. The van der Waals surface area contributed by atoms with Crippen LogP contribution in [0.25, 0.3) is 0 Å². The zero-order chi connectivity index (χ0) is 13.0. The van der Waals surface area contributed by atoms with Crippen LogP contribution in [0.3, 0.4) is 0 Å². The van der Waals surface area contributed by atoms with Crippen LogP contribution in [-0.4, -0.2) is 5.78 Å². The molecule has 1 heteroatoms. The zero-order valence-electron chi connectivity index (χ0n) is 12.3. The minimum Gasteiger partial charge on any atom is -0.300 e. The van der Waals surface area contributed by atoms with Crippen LogP contribution in [0.4, 0.5) is 0 Å². The summed E-state index contributed by atoms with van der Waals surface area (Å²) in [5.74, 6) is 0.167. The van der Waals surface area contributed by atoms with Gasteiger partial charge >= 0.3 is 0 Å². The third kappa shape index (κ3) is 31000. The fourth-order valence-corrected chi connectivity index (χ4v) is 0. The fraction of sp³-hybridized carbons (Fsp3) is 0.941. The lowest BCUT2D eigenvalue weighted by Gasteiger charge is -1.56. The van der Waals surface area contributed by atoms with Crippen molar-refractivity contribution in [2.75, 3.05) is 0 Å². The summed E-state index contributed by atoms with van der Waals surface area (Å²) in [5, 5.41) is 0. The Morgan fingerprint density at radius 3 is 0.611 bits per heavy atom. The predicted molar refractivity (Wildman–Crippen MR) is 97.9 cm³/mol. The Bertz CT molecular complexity index is 43.6. The minimum absolute atomic E-state index is 0. The van der Waals surface area contributed by atoms with E-state index in [4.69, 9.17) is 0 Å². The van der Waals surface area contributed by atoms with Crippen molar-refractivity contribution in [1.82, 2.24) is 0 Å². The van der Waals surface area contributed by atoms with Gasteiger partial charge in [0.15, 0.2) is 0 Å². The lowest BCUT2D eigenvalue weighted by molar-refractivity contribution is -0.114. The van der Waals surface area contributed by atoms with E-state index in [0.717, 1.165) is 0 Å². The summed E-state index contributed by atoms with van der Waals surface area (Å²) in [6.45, 7) is 19.6. The number of carbonyl (C=O) groups excluding carboxylic acids is 1. The van der Waals surface area contributed by atoms with Gasteiger partial charge in [-0.1, -0.05) is 97.9 Å². The van der Waals surface area contributed by atoms with Crippen LogP contribution < -0.4 is 0 Å². The second kappa shape index (κ2) is 188. The van der Waals surface area contributed by atoms with Crippen molar-refractivity contribution < 1.29 is 4.79 Å². The summed E-state index contributed by atoms with van der Waals surface area (Å²) >= 11 is 0. The van der Waals surface area contributed by atoms with E-state index >= 15 is 0 Å². The largest absolute Gasteiger partial charge is 0.300 e. The van der Waals surface area contributed by atoms with Crippen molar-refractivity contribution in [3.05, 3.63) is 0 Å². The SMILES string of the molecule is C.C.C.C.CC.CC.CC(C)=O.CCC.CCC. The van der Waals surface area contributed by atoms with E-state index in [1.54, 1.807) is 0 Å². The number of carbonyl (C=O) groups is 1. The molecule has 0 N–H and O–H groups in total. The summed E-state index contributed by atoms with van der Waals surface area (Å²) in [7, 11) is 0. The third-order valence-corrected chi connectivity index (χ3v) is 0. The van der Waals surface area contributed by atoms with Gasteiger partial charge in [0, 0.05) is 0 Å². The number of ketones is 1. The monoisotopic (exact) mass is 270 g/mol. The van der Waals surface area contributed by atoms with Crippen molar-refractivity contribution in [2.45, 2.75) is 112 Å². The second-order valence-corrected chi connectivity index (χ2v) is 2.32. The van der Waals surface area contributed by atoms with Crippen molar-refractivity contribution in [2.24, 2.45) is 0 Å². The molecule has 0 rings (SSSR count). The molecule has 0 aromatic heterocycles. The molecule has 0 bridgehead atoms. The molecule has 0 heterocycles. The zero-order valence-corrected chi connectivity index (χ0v) is 12.3. The summed E-state index contributed by atoms with van der Waals surface area (Å²) in [6.07, 6.45) is 2.50. The van der Waals surface area contributed by atoms with Gasteiger partial charge in [-0.3, -0.25) is 0 Å². The van der Waals surface area contributed by atoms with Crippen LogP contribution in [-0.2, 0) is 4.79 Å². The lowest BCUT2D eigenvalue weighted by atomic mass is 10.6. The van der Waals surface area contributed by atoms with E-state index in [9.17, 15) is 4.79 Å². The number of hydrogen-bond acceptors (Lipinski definition) is 1. The van der Waals surface area contributed by atoms with E-state index in [1.165, 1.54) is 26.7 Å². The molecule has 0 spiro atoms. The molecule has 0 fully saturated rings. The summed E-state index contributed by atoms with van der Waals surface area (Å²) < 4.78 is 0. The van der Waals surface area contributed by atoms with Crippen molar-refractivity contribution in [1.29, 1.82) is 0 Å². The molecule has 0 aromatic carbocycles. The maximum atomic E-state index is 9.44. The Hall–Kier alpha value is -0.330. The van der Waals surface area contributed by atoms with Gasteiger partial charge in [0.1, 0.15) is 5.78 Å². The molecule has 0 aromatic rings. The Kier molecular flexibility index (Phi) is 681. The van der Waals surface area contributed by atoms with Gasteiger partial charge in [0.05, 0.1) is 0 Å². The third-order valence-electron chi connectivity index (χ3n) is 0. The number of hydrogen-bond donors (Lipinski definition) is 0. The average Bonchev–Trinajstić information content (AvgIpc) is 2.12. The molecule has 0 aliphatic carbocycles. The molecule has 0 aliphatic rings. The van der Waals surface area contributed by atoms with E-state index < -0.39 is 0 Å². The normalized spacial score (nSPS) is 4.11. The highest BCUT2D eigenvalue weighted by Crippen LogP contribution is 1.56. The molecule has 0 amide bonds. The Morgan fingerprint density at radius 1 is 0.611 bits per heavy atom. The fourth-order valence-electron chi connectivity index (χ4n) is 0. The first-order chi connectivity index (χ1) is 6.56. The Balaban J connectivity index is -0.00000000779. The molecule has 124 valence electrons. The van der Waals surface area contributed by atoms with Crippen LogP contribution in [0.1, 0.15) is 112 Å². The minimum atomic E-state index is 0. The second-order valence-electron chi connectivity index (χ2n) is 2.32. The molecule has 0 saturated carbocycles. The Labute approximate surface area is 123 Å². The first-order valence-electron chi connectivity index (χ1n) is 6.03. The molecule has 1 nitrogen and oxygen atoms in total. The van der Waals surface area contributed by atoms with Gasteiger partial charge in [0.2, 0.25) is 0 Å². The molecular formula is C17H50O. The van der Waals surface area contributed by atoms with Gasteiger partial charge in [-0.15, -0.1) is 0 Å². The lowest BCUT2D eigenvalue weighted by Crippen LogP contribution is -1.69. The van der Waals surface area contributed by atoms with Crippen LogP contribution in [0.2, 0.25) is 0 Å². The topological polar surface area (TPSA) is 17.1 Å². The predicted octanol–water partition coefficient (Wildman–Crippen LogP) is 8.02. The number of rotatable bonds is 0. The molecule has 0 atom stereocenters. The molecule has 0 aliphatic heterocycles.